The van der Waals surface area contributed by atoms with Crippen LogP contribution in [-0.2, 0) is 13.2 Å². The van der Waals surface area contributed by atoms with Crippen molar-refractivity contribution in [2.24, 2.45) is 0 Å². The Kier molecular flexibility index (Phi) is 6.34. The van der Waals surface area contributed by atoms with E-state index in [4.69, 9.17) is 9.15 Å². The molecular formula is C26H16F5N3O3. The zero-order valence-corrected chi connectivity index (χ0v) is 18.8. The first-order chi connectivity index (χ1) is 17.8. The lowest BCUT2D eigenvalue weighted by atomic mass is 10.0. The number of amides is 1. The number of carbonyl (C=O) groups is 1. The lowest BCUT2D eigenvalue weighted by Gasteiger charge is -2.09. The van der Waals surface area contributed by atoms with Gasteiger partial charge in [-0.2, -0.15) is 13.9 Å². The molecule has 188 valence electrons. The van der Waals surface area contributed by atoms with Crippen molar-refractivity contribution in [3.63, 3.8) is 0 Å². The van der Waals surface area contributed by atoms with E-state index in [0.29, 0.717) is 6.54 Å². The second kappa shape index (κ2) is 9.76. The maximum Gasteiger partial charge on any atom is 0.292 e. The molecule has 6 nitrogen and oxygen atoms in total. The summed E-state index contributed by atoms with van der Waals surface area (Å²) >= 11 is 0. The molecule has 0 fully saturated rings. The van der Waals surface area contributed by atoms with E-state index in [-0.39, 0.29) is 17.3 Å². The summed E-state index contributed by atoms with van der Waals surface area (Å²) in [5, 5.41) is 9.08. The van der Waals surface area contributed by atoms with Gasteiger partial charge < -0.3 is 14.5 Å². The summed E-state index contributed by atoms with van der Waals surface area (Å²) in [7, 11) is 0. The maximum atomic E-state index is 13.7. The SMILES string of the molecule is O=C(Nc1ccn(Cc2cccc3ccccc23)n1)c1ccc(COc2c(F)c(F)c(F)c(F)c2F)o1. The monoisotopic (exact) mass is 513 g/mol. The summed E-state index contributed by atoms with van der Waals surface area (Å²) < 4.78 is 78.9. The number of carbonyl (C=O) groups excluding carboxylic acids is 1. The number of ether oxygens (including phenoxy) is 1. The molecule has 5 rings (SSSR count). The highest BCUT2D eigenvalue weighted by Gasteiger charge is 2.27. The highest BCUT2D eigenvalue weighted by Crippen LogP contribution is 2.30. The molecule has 0 radical (unpaired) electrons. The van der Waals surface area contributed by atoms with E-state index < -0.39 is 47.3 Å². The van der Waals surface area contributed by atoms with Crippen molar-refractivity contribution in [2.45, 2.75) is 13.2 Å². The number of aromatic nitrogens is 2. The molecule has 0 saturated carbocycles. The Labute approximate surface area is 205 Å². The van der Waals surface area contributed by atoms with Crippen LogP contribution < -0.4 is 10.1 Å². The van der Waals surface area contributed by atoms with Crippen LogP contribution in [0.2, 0.25) is 0 Å². The lowest BCUT2D eigenvalue weighted by Crippen LogP contribution is -2.12. The number of anilines is 1. The average Bonchev–Trinajstić information content (AvgIpc) is 3.56. The molecule has 1 N–H and O–H groups in total. The summed E-state index contributed by atoms with van der Waals surface area (Å²) in [5.41, 5.74) is 1.04. The first-order valence-electron chi connectivity index (χ1n) is 10.9. The summed E-state index contributed by atoms with van der Waals surface area (Å²) in [6, 6.07) is 18.0. The third-order valence-electron chi connectivity index (χ3n) is 5.51. The van der Waals surface area contributed by atoms with Crippen LogP contribution in [0.1, 0.15) is 21.9 Å². The van der Waals surface area contributed by atoms with Gasteiger partial charge in [0.15, 0.2) is 17.3 Å². The van der Waals surface area contributed by atoms with Crippen molar-refractivity contribution < 1.29 is 35.9 Å². The second-order valence-electron chi connectivity index (χ2n) is 7.94. The highest BCUT2D eigenvalue weighted by atomic mass is 19.2. The Morgan fingerprint density at radius 1 is 0.865 bits per heavy atom. The van der Waals surface area contributed by atoms with Crippen LogP contribution in [0.4, 0.5) is 27.8 Å². The summed E-state index contributed by atoms with van der Waals surface area (Å²) in [6.07, 6.45) is 1.70. The molecule has 2 aromatic heterocycles. The quantitative estimate of drug-likeness (QED) is 0.160. The molecule has 0 aliphatic carbocycles. The van der Waals surface area contributed by atoms with E-state index in [2.05, 4.69) is 10.4 Å². The number of hydrogen-bond donors (Lipinski definition) is 1. The third kappa shape index (κ3) is 4.75. The normalized spacial score (nSPS) is 11.2. The molecular weight excluding hydrogens is 497 g/mol. The predicted octanol–water partition coefficient (Wildman–Crippen LogP) is 6.20. The Morgan fingerprint density at radius 3 is 2.35 bits per heavy atom. The summed E-state index contributed by atoms with van der Waals surface area (Å²) in [4.78, 5) is 12.5. The van der Waals surface area contributed by atoms with Crippen LogP contribution in [0.15, 0.2) is 71.3 Å². The van der Waals surface area contributed by atoms with Crippen molar-refractivity contribution in [3.05, 3.63) is 113 Å². The summed E-state index contributed by atoms with van der Waals surface area (Å²) in [5.74, 6) is -12.9. The van der Waals surface area contributed by atoms with Crippen LogP contribution in [0.3, 0.4) is 0 Å². The fourth-order valence-electron chi connectivity index (χ4n) is 3.73. The Morgan fingerprint density at radius 2 is 1.57 bits per heavy atom. The predicted molar refractivity (Wildman–Crippen MR) is 123 cm³/mol. The topological polar surface area (TPSA) is 69.3 Å². The van der Waals surface area contributed by atoms with Gasteiger partial charge >= 0.3 is 0 Å². The number of benzene rings is 3. The third-order valence-corrected chi connectivity index (χ3v) is 5.51. The fourth-order valence-corrected chi connectivity index (χ4v) is 3.73. The van der Waals surface area contributed by atoms with E-state index in [9.17, 15) is 26.7 Å². The first-order valence-corrected chi connectivity index (χ1v) is 10.9. The van der Waals surface area contributed by atoms with Gasteiger partial charge in [-0.25, -0.2) is 13.2 Å². The van der Waals surface area contributed by atoms with Gasteiger partial charge in [-0.1, -0.05) is 42.5 Å². The zero-order chi connectivity index (χ0) is 26.1. The number of rotatable bonds is 7. The van der Waals surface area contributed by atoms with Crippen molar-refractivity contribution in [3.8, 4) is 5.75 Å². The van der Waals surface area contributed by atoms with Gasteiger partial charge in [0.05, 0.1) is 6.54 Å². The minimum absolute atomic E-state index is 0.0874. The van der Waals surface area contributed by atoms with Gasteiger partial charge in [0.2, 0.25) is 29.1 Å². The van der Waals surface area contributed by atoms with E-state index in [1.165, 1.54) is 12.1 Å². The van der Waals surface area contributed by atoms with Crippen molar-refractivity contribution in [1.29, 1.82) is 0 Å². The van der Waals surface area contributed by atoms with E-state index >= 15 is 0 Å². The number of nitrogens with one attached hydrogen (secondary N) is 1. The first kappa shape index (κ1) is 24.0. The number of halogens is 5. The van der Waals surface area contributed by atoms with Gasteiger partial charge in [-0.3, -0.25) is 9.48 Å². The lowest BCUT2D eigenvalue weighted by molar-refractivity contribution is 0.0991. The Hall–Kier alpha value is -4.67. The molecule has 2 heterocycles. The molecule has 3 aromatic carbocycles. The van der Waals surface area contributed by atoms with E-state index in [0.717, 1.165) is 16.3 Å². The number of hydrogen-bond acceptors (Lipinski definition) is 4. The van der Waals surface area contributed by atoms with E-state index in [1.807, 2.05) is 42.5 Å². The standard InChI is InChI=1S/C26H16F5N3O3/c27-20-21(28)23(30)25(24(31)22(20)29)36-13-16-8-9-18(37-16)26(35)32-19-10-11-34(33-19)12-15-6-3-5-14-4-1-2-7-17(14)15/h1-11H,12-13H2,(H,32,33,35). The van der Waals surface area contributed by atoms with Crippen LogP contribution in [0.5, 0.6) is 5.75 Å². The van der Waals surface area contributed by atoms with Gasteiger partial charge in [0, 0.05) is 12.3 Å². The largest absolute Gasteiger partial charge is 0.479 e. The van der Waals surface area contributed by atoms with E-state index in [1.54, 1.807) is 16.9 Å². The van der Waals surface area contributed by atoms with Crippen molar-refractivity contribution in [2.75, 3.05) is 5.32 Å². The number of fused-ring (bicyclic) bond motifs is 1. The molecule has 0 aliphatic heterocycles. The smallest absolute Gasteiger partial charge is 0.292 e. The molecule has 0 spiro atoms. The van der Waals surface area contributed by atoms with Crippen molar-refractivity contribution >= 4 is 22.5 Å². The van der Waals surface area contributed by atoms with Crippen LogP contribution in [-0.4, -0.2) is 15.7 Å². The number of furan rings is 1. The highest BCUT2D eigenvalue weighted by molar-refractivity contribution is 6.01. The molecule has 0 atom stereocenters. The van der Waals surface area contributed by atoms with Gasteiger partial charge in [-0.05, 0) is 28.5 Å². The second-order valence-corrected chi connectivity index (χ2v) is 7.94. The molecule has 5 aromatic rings. The zero-order valence-electron chi connectivity index (χ0n) is 18.8. The Bertz CT molecular complexity index is 1600. The maximum absolute atomic E-state index is 13.7. The van der Waals surface area contributed by atoms with Crippen LogP contribution in [0, 0.1) is 29.1 Å². The van der Waals surface area contributed by atoms with Crippen molar-refractivity contribution in [1.82, 2.24) is 9.78 Å². The minimum Gasteiger partial charge on any atom is -0.479 e. The van der Waals surface area contributed by atoms with Gasteiger partial charge in [0.1, 0.15) is 12.4 Å². The molecule has 1 amide bonds. The average molecular weight is 513 g/mol. The molecule has 0 aliphatic rings. The van der Waals surface area contributed by atoms with Gasteiger partial charge in [0.25, 0.3) is 5.91 Å². The fraction of sp³-hybridized carbons (Fsp3) is 0.0769. The molecule has 0 unspecified atom stereocenters. The van der Waals surface area contributed by atoms with Crippen LogP contribution >= 0.6 is 0 Å². The number of nitrogens with zero attached hydrogens (tertiary/aromatic N) is 2. The molecule has 11 heteroatoms. The molecule has 37 heavy (non-hydrogen) atoms. The Balaban J connectivity index is 1.23. The van der Waals surface area contributed by atoms with Crippen LogP contribution in [0.25, 0.3) is 10.8 Å². The molecule has 0 bridgehead atoms. The molecule has 0 saturated heterocycles. The minimum atomic E-state index is -2.29. The van der Waals surface area contributed by atoms with Gasteiger partial charge in [-0.15, -0.1) is 0 Å². The summed E-state index contributed by atoms with van der Waals surface area (Å²) in [6.45, 7) is -0.220.